The van der Waals surface area contributed by atoms with Crippen molar-refractivity contribution in [2.75, 3.05) is 0 Å². The summed E-state index contributed by atoms with van der Waals surface area (Å²) in [6.45, 7) is 4.71. The van der Waals surface area contributed by atoms with Crippen LogP contribution in [0.2, 0.25) is 0 Å². The molecule has 3 nitrogen and oxygen atoms in total. The monoisotopic (exact) mass is 324 g/mol. The lowest BCUT2D eigenvalue weighted by atomic mass is 9.71. The molecule has 0 saturated carbocycles. The molecule has 2 atom stereocenters. The van der Waals surface area contributed by atoms with Gasteiger partial charge in [-0.05, 0) is 35.4 Å². The van der Waals surface area contributed by atoms with Crippen molar-refractivity contribution in [1.29, 1.82) is 0 Å². The van der Waals surface area contributed by atoms with Crippen LogP contribution in [0.5, 0.6) is 0 Å². The van der Waals surface area contributed by atoms with Crippen LogP contribution in [0.3, 0.4) is 0 Å². The van der Waals surface area contributed by atoms with E-state index in [0.717, 1.165) is 5.92 Å². The Labute approximate surface area is 143 Å². The highest BCUT2D eigenvalue weighted by Crippen LogP contribution is 2.38. The predicted molar refractivity (Wildman–Crippen MR) is 97.4 cm³/mol. The molecule has 0 fully saturated rings. The fourth-order valence-corrected chi connectivity index (χ4v) is 3.33. The van der Waals surface area contributed by atoms with Crippen LogP contribution in [0.1, 0.15) is 32.3 Å². The van der Waals surface area contributed by atoms with E-state index in [2.05, 4.69) is 80.6 Å². The van der Waals surface area contributed by atoms with E-state index in [4.69, 9.17) is 15.0 Å². The fourth-order valence-electron chi connectivity index (χ4n) is 3.33. The minimum Gasteiger partial charge on any atom is -0.450 e. The Hall–Kier alpha value is -2.55. The van der Waals surface area contributed by atoms with Crippen LogP contribution >= 0.6 is 0 Å². The van der Waals surface area contributed by atoms with Crippen LogP contribution in [-0.4, -0.2) is 16.4 Å². The zero-order chi connectivity index (χ0) is 17.6. The molecule has 2 aromatic rings. The Bertz CT molecular complexity index is 702. The van der Waals surface area contributed by atoms with Gasteiger partial charge >= 0.3 is 6.16 Å². The normalized spacial score (nSPS) is 22.3. The summed E-state index contributed by atoms with van der Waals surface area (Å²) in [5, 5.41) is 13.9. The molecule has 0 aliphatic heterocycles. The SMILES string of the molecule is CC1CC=CC(C)(c2cccc(-c3ccccc3)c2)C1.O=C(O)O. The van der Waals surface area contributed by atoms with Crippen molar-refractivity contribution >= 4 is 6.16 Å². The molecular formula is C21H24O3. The van der Waals surface area contributed by atoms with Crippen molar-refractivity contribution in [3.8, 4) is 11.1 Å². The second-order valence-electron chi connectivity index (χ2n) is 6.59. The number of hydrogen-bond donors (Lipinski definition) is 2. The van der Waals surface area contributed by atoms with Crippen LogP contribution in [0, 0.1) is 5.92 Å². The summed E-state index contributed by atoms with van der Waals surface area (Å²) in [5.41, 5.74) is 4.23. The van der Waals surface area contributed by atoms with Gasteiger partial charge in [0.05, 0.1) is 0 Å². The maximum Gasteiger partial charge on any atom is 0.503 e. The van der Waals surface area contributed by atoms with Gasteiger partial charge in [0, 0.05) is 5.41 Å². The highest BCUT2D eigenvalue weighted by atomic mass is 16.6. The minimum absolute atomic E-state index is 0.183. The molecule has 0 radical (unpaired) electrons. The third-order valence-corrected chi connectivity index (χ3v) is 4.43. The third-order valence-electron chi connectivity index (χ3n) is 4.43. The average Bonchev–Trinajstić information content (AvgIpc) is 2.55. The van der Waals surface area contributed by atoms with Gasteiger partial charge in [-0.25, -0.2) is 4.79 Å². The smallest absolute Gasteiger partial charge is 0.450 e. The van der Waals surface area contributed by atoms with Gasteiger partial charge in [0.1, 0.15) is 0 Å². The molecule has 1 aliphatic rings. The number of carbonyl (C=O) groups is 1. The lowest BCUT2D eigenvalue weighted by Gasteiger charge is -2.33. The van der Waals surface area contributed by atoms with Gasteiger partial charge in [-0.2, -0.15) is 0 Å². The molecule has 2 aromatic carbocycles. The summed E-state index contributed by atoms with van der Waals surface area (Å²) < 4.78 is 0. The second-order valence-corrected chi connectivity index (χ2v) is 6.59. The number of benzene rings is 2. The van der Waals surface area contributed by atoms with E-state index in [1.54, 1.807) is 0 Å². The summed E-state index contributed by atoms with van der Waals surface area (Å²) in [4.78, 5) is 8.56. The zero-order valence-electron chi connectivity index (χ0n) is 14.1. The lowest BCUT2D eigenvalue weighted by Crippen LogP contribution is -2.25. The Morgan fingerprint density at radius 2 is 1.67 bits per heavy atom. The number of carboxylic acid groups (broad SMARTS) is 2. The van der Waals surface area contributed by atoms with E-state index in [0.29, 0.717) is 0 Å². The average molecular weight is 324 g/mol. The molecule has 0 bridgehead atoms. The summed E-state index contributed by atoms with van der Waals surface area (Å²) in [6.07, 6.45) is 5.37. The third kappa shape index (κ3) is 4.72. The zero-order valence-corrected chi connectivity index (χ0v) is 14.1. The minimum atomic E-state index is -1.83. The van der Waals surface area contributed by atoms with Crippen molar-refractivity contribution in [2.45, 2.75) is 32.1 Å². The molecule has 0 amide bonds. The molecule has 3 rings (SSSR count). The summed E-state index contributed by atoms with van der Waals surface area (Å²) >= 11 is 0. The molecule has 24 heavy (non-hydrogen) atoms. The van der Waals surface area contributed by atoms with E-state index >= 15 is 0 Å². The van der Waals surface area contributed by atoms with Gasteiger partial charge in [-0.3, -0.25) is 0 Å². The molecule has 3 heteroatoms. The maximum absolute atomic E-state index is 8.56. The molecule has 2 unspecified atom stereocenters. The Morgan fingerprint density at radius 1 is 1.04 bits per heavy atom. The van der Waals surface area contributed by atoms with Crippen molar-refractivity contribution in [2.24, 2.45) is 5.92 Å². The van der Waals surface area contributed by atoms with Crippen LogP contribution in [-0.2, 0) is 5.41 Å². The summed E-state index contributed by atoms with van der Waals surface area (Å²) in [5.74, 6) is 0.769. The van der Waals surface area contributed by atoms with Gasteiger partial charge in [0.2, 0.25) is 0 Å². The molecule has 0 saturated heterocycles. The Morgan fingerprint density at radius 3 is 2.29 bits per heavy atom. The molecule has 1 aliphatic carbocycles. The van der Waals surface area contributed by atoms with Gasteiger partial charge in [0.25, 0.3) is 0 Å². The van der Waals surface area contributed by atoms with Crippen molar-refractivity contribution < 1.29 is 15.0 Å². The topological polar surface area (TPSA) is 57.5 Å². The highest BCUT2D eigenvalue weighted by Gasteiger charge is 2.28. The molecule has 2 N–H and O–H groups in total. The quantitative estimate of drug-likeness (QED) is 0.684. The standard InChI is InChI=1S/C20H22.CH2O3/c1-16-8-7-13-20(2,15-16)19-12-6-11-18(14-19)17-9-4-3-5-10-17;2-1(3)4/h3-7,9-14,16H,8,15H2,1-2H3;(H2,2,3,4). The number of allylic oxidation sites excluding steroid dienone is 2. The van der Waals surface area contributed by atoms with Crippen LogP contribution < -0.4 is 0 Å². The first-order valence-electron chi connectivity index (χ1n) is 8.16. The van der Waals surface area contributed by atoms with Gasteiger partial charge in [-0.15, -0.1) is 0 Å². The van der Waals surface area contributed by atoms with Crippen molar-refractivity contribution in [1.82, 2.24) is 0 Å². The largest absolute Gasteiger partial charge is 0.503 e. The summed E-state index contributed by atoms with van der Waals surface area (Å²) in [7, 11) is 0. The maximum atomic E-state index is 8.56. The molecule has 126 valence electrons. The van der Waals surface area contributed by atoms with Crippen LogP contribution in [0.25, 0.3) is 11.1 Å². The lowest BCUT2D eigenvalue weighted by molar-refractivity contribution is 0.137. The highest BCUT2D eigenvalue weighted by molar-refractivity contribution is 5.64. The van der Waals surface area contributed by atoms with E-state index in [-0.39, 0.29) is 5.41 Å². The van der Waals surface area contributed by atoms with Gasteiger partial charge in [-0.1, -0.05) is 80.6 Å². The first-order valence-corrected chi connectivity index (χ1v) is 8.16. The predicted octanol–water partition coefficient (Wildman–Crippen LogP) is 5.82. The van der Waals surface area contributed by atoms with Crippen LogP contribution in [0.4, 0.5) is 4.79 Å². The molecule has 0 aromatic heterocycles. The van der Waals surface area contributed by atoms with Crippen molar-refractivity contribution in [3.05, 3.63) is 72.3 Å². The van der Waals surface area contributed by atoms with Crippen LogP contribution in [0.15, 0.2) is 66.7 Å². The van der Waals surface area contributed by atoms with Gasteiger partial charge in [0.15, 0.2) is 0 Å². The molecule has 0 spiro atoms. The van der Waals surface area contributed by atoms with E-state index in [9.17, 15) is 0 Å². The van der Waals surface area contributed by atoms with Crippen molar-refractivity contribution in [3.63, 3.8) is 0 Å². The second kappa shape index (κ2) is 7.82. The number of hydrogen-bond acceptors (Lipinski definition) is 1. The molecular weight excluding hydrogens is 300 g/mol. The van der Waals surface area contributed by atoms with E-state index < -0.39 is 6.16 Å². The summed E-state index contributed by atoms with van der Waals surface area (Å²) in [6, 6.07) is 19.7. The molecule has 0 heterocycles. The Balaban J connectivity index is 0.000000471. The van der Waals surface area contributed by atoms with E-state index in [1.165, 1.54) is 29.5 Å². The first-order chi connectivity index (χ1) is 11.4. The number of rotatable bonds is 2. The Kier molecular flexibility index (Phi) is 5.80. The van der Waals surface area contributed by atoms with E-state index in [1.807, 2.05) is 0 Å². The first kappa shape index (κ1) is 17.8. The van der Waals surface area contributed by atoms with Gasteiger partial charge < -0.3 is 10.2 Å². The fraction of sp³-hybridized carbons (Fsp3) is 0.286.